The molecule has 2 nitrogen and oxygen atoms in total. The Bertz CT molecular complexity index is 507. The summed E-state index contributed by atoms with van der Waals surface area (Å²) in [5, 5.41) is 3.55. The van der Waals surface area contributed by atoms with E-state index in [4.69, 9.17) is 4.42 Å². The second kappa shape index (κ2) is 7.65. The maximum Gasteiger partial charge on any atom is 0.0934 e. The van der Waals surface area contributed by atoms with Crippen molar-refractivity contribution in [3.05, 3.63) is 58.5 Å². The summed E-state index contributed by atoms with van der Waals surface area (Å²) in [5.41, 5.74) is 2.65. The first-order chi connectivity index (χ1) is 9.63. The molecule has 1 atom stereocenters. The van der Waals surface area contributed by atoms with Crippen molar-refractivity contribution in [2.75, 3.05) is 6.54 Å². The van der Waals surface area contributed by atoms with Gasteiger partial charge in [0.2, 0.25) is 0 Å². The van der Waals surface area contributed by atoms with Gasteiger partial charge in [-0.3, -0.25) is 0 Å². The summed E-state index contributed by atoms with van der Waals surface area (Å²) in [6, 6.07) is 11.2. The van der Waals surface area contributed by atoms with Crippen LogP contribution >= 0.6 is 15.9 Å². The molecule has 1 aromatic heterocycles. The van der Waals surface area contributed by atoms with Gasteiger partial charge in [0, 0.05) is 10.5 Å². The molecule has 1 N–H and O–H groups in total. The lowest BCUT2D eigenvalue weighted by atomic mass is 9.93. The third-order valence-corrected chi connectivity index (χ3v) is 3.83. The molecular weight excluding hydrogens is 314 g/mol. The first-order valence-corrected chi connectivity index (χ1v) is 7.91. The van der Waals surface area contributed by atoms with Crippen LogP contribution in [0.5, 0.6) is 0 Å². The van der Waals surface area contributed by atoms with Crippen molar-refractivity contribution < 1.29 is 4.42 Å². The molecular formula is C17H22BrNO. The van der Waals surface area contributed by atoms with Crippen LogP contribution in [0.25, 0.3) is 0 Å². The molecule has 2 aromatic rings. The lowest BCUT2D eigenvalue weighted by Gasteiger charge is -2.19. The first kappa shape index (κ1) is 15.3. The van der Waals surface area contributed by atoms with Crippen LogP contribution in [0.15, 0.2) is 51.7 Å². The van der Waals surface area contributed by atoms with Crippen LogP contribution in [-0.4, -0.2) is 12.6 Å². The number of hydrogen-bond acceptors (Lipinski definition) is 2. The highest BCUT2D eigenvalue weighted by molar-refractivity contribution is 9.10. The van der Waals surface area contributed by atoms with Gasteiger partial charge in [-0.2, -0.15) is 0 Å². The summed E-state index contributed by atoms with van der Waals surface area (Å²) in [6.45, 7) is 5.40. The third-order valence-electron chi connectivity index (χ3n) is 3.33. The van der Waals surface area contributed by atoms with E-state index < -0.39 is 0 Å². The Balaban J connectivity index is 2.01. The van der Waals surface area contributed by atoms with Gasteiger partial charge in [-0.25, -0.2) is 0 Å². The number of furan rings is 1. The second-order valence-electron chi connectivity index (χ2n) is 5.60. The molecule has 0 amide bonds. The van der Waals surface area contributed by atoms with Gasteiger partial charge in [0.05, 0.1) is 12.5 Å². The topological polar surface area (TPSA) is 25.2 Å². The van der Waals surface area contributed by atoms with Crippen molar-refractivity contribution in [2.24, 2.45) is 5.92 Å². The van der Waals surface area contributed by atoms with Crippen molar-refractivity contribution in [1.82, 2.24) is 5.32 Å². The van der Waals surface area contributed by atoms with Crippen LogP contribution in [0, 0.1) is 5.92 Å². The zero-order valence-corrected chi connectivity index (χ0v) is 13.7. The SMILES string of the molecule is CC(C)NCC(Cc1ccoc1)Cc1cccc(Br)c1. The van der Waals surface area contributed by atoms with E-state index in [1.807, 2.05) is 6.26 Å². The maximum atomic E-state index is 5.18. The Kier molecular flexibility index (Phi) is 5.86. The van der Waals surface area contributed by atoms with Gasteiger partial charge in [-0.15, -0.1) is 0 Å². The lowest BCUT2D eigenvalue weighted by molar-refractivity contribution is 0.442. The molecule has 0 aliphatic carbocycles. The molecule has 3 heteroatoms. The predicted octanol–water partition coefficient (Wildman–Crippen LogP) is 4.44. The summed E-state index contributed by atoms with van der Waals surface area (Å²) in [7, 11) is 0. The largest absolute Gasteiger partial charge is 0.472 e. The second-order valence-corrected chi connectivity index (χ2v) is 6.51. The molecule has 0 saturated carbocycles. The van der Waals surface area contributed by atoms with Crippen molar-refractivity contribution in [1.29, 1.82) is 0 Å². The first-order valence-electron chi connectivity index (χ1n) is 7.12. The molecule has 0 aliphatic heterocycles. The minimum absolute atomic E-state index is 0.518. The van der Waals surface area contributed by atoms with Crippen molar-refractivity contribution >= 4 is 15.9 Å². The average Bonchev–Trinajstić information content (AvgIpc) is 2.89. The fraction of sp³-hybridized carbons (Fsp3) is 0.412. The molecule has 0 aliphatic rings. The smallest absolute Gasteiger partial charge is 0.0934 e. The molecule has 2 rings (SSSR count). The quantitative estimate of drug-likeness (QED) is 0.809. The van der Waals surface area contributed by atoms with E-state index in [0.717, 1.165) is 23.9 Å². The Hall–Kier alpha value is -1.06. The van der Waals surface area contributed by atoms with Gasteiger partial charge in [0.25, 0.3) is 0 Å². The number of halogens is 1. The molecule has 0 spiro atoms. The van der Waals surface area contributed by atoms with Crippen LogP contribution in [0.4, 0.5) is 0 Å². The van der Waals surface area contributed by atoms with Crippen LogP contribution < -0.4 is 5.32 Å². The van der Waals surface area contributed by atoms with E-state index in [0.29, 0.717) is 12.0 Å². The zero-order valence-electron chi connectivity index (χ0n) is 12.1. The molecule has 1 aromatic carbocycles. The highest BCUT2D eigenvalue weighted by Crippen LogP contribution is 2.18. The molecule has 108 valence electrons. The van der Waals surface area contributed by atoms with E-state index in [2.05, 4.69) is 65.4 Å². The highest BCUT2D eigenvalue weighted by atomic mass is 79.9. The van der Waals surface area contributed by atoms with Crippen LogP contribution in [0.3, 0.4) is 0 Å². The number of nitrogens with one attached hydrogen (secondary N) is 1. The molecule has 0 radical (unpaired) electrons. The predicted molar refractivity (Wildman–Crippen MR) is 86.9 cm³/mol. The summed E-state index contributed by atoms with van der Waals surface area (Å²) >= 11 is 3.54. The van der Waals surface area contributed by atoms with Gasteiger partial charge in [-0.1, -0.05) is 41.9 Å². The fourth-order valence-electron chi connectivity index (χ4n) is 2.36. The summed E-state index contributed by atoms with van der Waals surface area (Å²) in [4.78, 5) is 0. The summed E-state index contributed by atoms with van der Waals surface area (Å²) in [5.74, 6) is 0.573. The number of rotatable bonds is 7. The maximum absolute atomic E-state index is 5.18. The number of hydrogen-bond donors (Lipinski definition) is 1. The van der Waals surface area contributed by atoms with Crippen LogP contribution in [0.2, 0.25) is 0 Å². The van der Waals surface area contributed by atoms with E-state index in [9.17, 15) is 0 Å². The molecule has 1 heterocycles. The minimum atomic E-state index is 0.518. The average molecular weight is 336 g/mol. The van der Waals surface area contributed by atoms with Gasteiger partial charge in [0.15, 0.2) is 0 Å². The molecule has 0 saturated heterocycles. The monoisotopic (exact) mass is 335 g/mol. The fourth-order valence-corrected chi connectivity index (χ4v) is 2.80. The molecule has 1 unspecified atom stereocenters. The molecule has 0 bridgehead atoms. The van der Waals surface area contributed by atoms with E-state index in [1.165, 1.54) is 11.1 Å². The van der Waals surface area contributed by atoms with E-state index in [-0.39, 0.29) is 0 Å². The van der Waals surface area contributed by atoms with Crippen molar-refractivity contribution in [3.8, 4) is 0 Å². The third kappa shape index (κ3) is 5.14. The van der Waals surface area contributed by atoms with Crippen LogP contribution in [0.1, 0.15) is 25.0 Å². The normalized spacial score (nSPS) is 12.8. The Morgan fingerprint density at radius 2 is 1.95 bits per heavy atom. The van der Waals surface area contributed by atoms with Gasteiger partial charge < -0.3 is 9.73 Å². The number of benzene rings is 1. The van der Waals surface area contributed by atoms with E-state index in [1.54, 1.807) is 6.26 Å². The molecule has 20 heavy (non-hydrogen) atoms. The molecule has 0 fully saturated rings. The van der Waals surface area contributed by atoms with Gasteiger partial charge in [-0.05, 0) is 54.6 Å². The van der Waals surface area contributed by atoms with Crippen molar-refractivity contribution in [3.63, 3.8) is 0 Å². The Morgan fingerprint density at radius 1 is 1.15 bits per heavy atom. The minimum Gasteiger partial charge on any atom is -0.472 e. The van der Waals surface area contributed by atoms with Crippen LogP contribution in [-0.2, 0) is 12.8 Å². The Labute approximate surface area is 129 Å². The summed E-state index contributed by atoms with van der Waals surface area (Å²) in [6.07, 6.45) is 5.72. The highest BCUT2D eigenvalue weighted by Gasteiger charge is 2.12. The lowest BCUT2D eigenvalue weighted by Crippen LogP contribution is -2.31. The van der Waals surface area contributed by atoms with E-state index >= 15 is 0 Å². The summed E-state index contributed by atoms with van der Waals surface area (Å²) < 4.78 is 6.33. The van der Waals surface area contributed by atoms with Gasteiger partial charge in [0.1, 0.15) is 0 Å². The van der Waals surface area contributed by atoms with Gasteiger partial charge >= 0.3 is 0 Å². The zero-order chi connectivity index (χ0) is 14.4. The Morgan fingerprint density at radius 3 is 2.60 bits per heavy atom. The standard InChI is InChI=1S/C17H22BrNO/c1-13(2)19-11-16(9-15-6-7-20-12-15)8-14-4-3-5-17(18)10-14/h3-7,10,12-13,16,19H,8-9,11H2,1-2H3. The van der Waals surface area contributed by atoms with Crippen molar-refractivity contribution in [2.45, 2.75) is 32.7 Å².